The number of benzene rings is 1. The Hall–Kier alpha value is -1.66. The number of halogens is 1. The first-order valence-electron chi connectivity index (χ1n) is 6.50. The van der Waals surface area contributed by atoms with E-state index < -0.39 is 0 Å². The predicted octanol–water partition coefficient (Wildman–Crippen LogP) is 1.81. The molecule has 5 nitrogen and oxygen atoms in total. The zero-order valence-corrected chi connectivity index (χ0v) is 12.5. The van der Waals surface area contributed by atoms with Crippen LogP contribution in [0.25, 0.3) is 5.69 Å². The fourth-order valence-corrected chi connectivity index (χ4v) is 2.72. The van der Waals surface area contributed by atoms with Gasteiger partial charge in [-0.2, -0.15) is 5.10 Å². The van der Waals surface area contributed by atoms with Crippen molar-refractivity contribution in [1.29, 1.82) is 0 Å². The van der Waals surface area contributed by atoms with Gasteiger partial charge in [0.25, 0.3) is 5.91 Å². The summed E-state index contributed by atoms with van der Waals surface area (Å²) in [6.45, 7) is 1.33. The molecule has 1 aliphatic rings. The number of nitrogens with zero attached hydrogens (tertiary/aromatic N) is 3. The standard InChI is InChI=1S/C14H15BrN4O/c15-10-2-1-3-12(8-10)19-7-5-13(17-19)14(20)18-6-4-11(16)9-18/h1-3,5,7-8,11H,4,6,9,16H2/t11-/m1/s1. The van der Waals surface area contributed by atoms with Crippen LogP contribution in [0.3, 0.4) is 0 Å². The van der Waals surface area contributed by atoms with E-state index in [9.17, 15) is 4.79 Å². The first-order chi connectivity index (χ1) is 9.63. The highest BCUT2D eigenvalue weighted by Gasteiger charge is 2.25. The summed E-state index contributed by atoms with van der Waals surface area (Å²) in [6.07, 6.45) is 2.66. The Morgan fingerprint density at radius 1 is 1.40 bits per heavy atom. The predicted molar refractivity (Wildman–Crippen MR) is 79.8 cm³/mol. The molecule has 1 aromatic heterocycles. The van der Waals surface area contributed by atoms with Gasteiger partial charge in [0.05, 0.1) is 5.69 Å². The number of hydrogen-bond donors (Lipinski definition) is 1. The van der Waals surface area contributed by atoms with E-state index in [0.717, 1.165) is 16.6 Å². The zero-order valence-electron chi connectivity index (χ0n) is 10.9. The molecule has 1 aliphatic heterocycles. The molecule has 0 spiro atoms. The molecule has 6 heteroatoms. The van der Waals surface area contributed by atoms with Crippen molar-refractivity contribution < 1.29 is 4.79 Å². The summed E-state index contributed by atoms with van der Waals surface area (Å²) < 4.78 is 2.68. The van der Waals surface area contributed by atoms with Gasteiger partial charge >= 0.3 is 0 Å². The molecular formula is C14H15BrN4O. The Labute approximate surface area is 125 Å². The molecule has 0 saturated carbocycles. The molecule has 0 bridgehead atoms. The molecule has 2 N–H and O–H groups in total. The highest BCUT2D eigenvalue weighted by atomic mass is 79.9. The van der Waals surface area contributed by atoms with Crippen molar-refractivity contribution in [3.8, 4) is 5.69 Å². The van der Waals surface area contributed by atoms with E-state index in [1.165, 1.54) is 0 Å². The van der Waals surface area contributed by atoms with Gasteiger partial charge in [-0.3, -0.25) is 4.79 Å². The van der Waals surface area contributed by atoms with Crippen molar-refractivity contribution in [2.24, 2.45) is 5.73 Å². The SMILES string of the molecule is N[C@@H]1CCN(C(=O)c2ccn(-c3cccc(Br)c3)n2)C1. The molecule has 1 atom stereocenters. The lowest BCUT2D eigenvalue weighted by Crippen LogP contribution is -2.32. The Kier molecular flexibility index (Phi) is 3.58. The van der Waals surface area contributed by atoms with Crippen LogP contribution in [0.1, 0.15) is 16.9 Å². The maximum atomic E-state index is 12.3. The van der Waals surface area contributed by atoms with Gasteiger partial charge in [-0.1, -0.05) is 22.0 Å². The topological polar surface area (TPSA) is 64.2 Å². The van der Waals surface area contributed by atoms with Crippen LogP contribution in [0, 0.1) is 0 Å². The fourth-order valence-electron chi connectivity index (χ4n) is 2.33. The Balaban J connectivity index is 1.81. The van der Waals surface area contributed by atoms with E-state index in [1.54, 1.807) is 21.8 Å². The van der Waals surface area contributed by atoms with Crippen molar-refractivity contribution in [2.75, 3.05) is 13.1 Å². The number of nitrogens with two attached hydrogens (primary N) is 1. The number of amides is 1. The van der Waals surface area contributed by atoms with Crippen LogP contribution < -0.4 is 5.73 Å². The van der Waals surface area contributed by atoms with Gasteiger partial charge in [0.1, 0.15) is 0 Å². The van der Waals surface area contributed by atoms with Gasteiger partial charge in [0.2, 0.25) is 0 Å². The second-order valence-electron chi connectivity index (χ2n) is 4.93. The second kappa shape index (κ2) is 5.38. The van der Waals surface area contributed by atoms with Crippen molar-refractivity contribution in [2.45, 2.75) is 12.5 Å². The number of likely N-dealkylation sites (tertiary alicyclic amines) is 1. The third kappa shape index (κ3) is 2.62. The fraction of sp³-hybridized carbons (Fsp3) is 0.286. The number of aromatic nitrogens is 2. The van der Waals surface area contributed by atoms with E-state index in [4.69, 9.17) is 5.73 Å². The number of carbonyl (C=O) groups excluding carboxylic acids is 1. The van der Waals surface area contributed by atoms with Gasteiger partial charge < -0.3 is 10.6 Å². The minimum Gasteiger partial charge on any atom is -0.336 e. The van der Waals surface area contributed by atoms with Crippen molar-refractivity contribution in [3.05, 3.63) is 46.7 Å². The summed E-state index contributed by atoms with van der Waals surface area (Å²) in [7, 11) is 0. The Morgan fingerprint density at radius 2 is 2.25 bits per heavy atom. The third-order valence-corrected chi connectivity index (χ3v) is 3.89. The lowest BCUT2D eigenvalue weighted by Gasteiger charge is -2.13. The van der Waals surface area contributed by atoms with Crippen molar-refractivity contribution in [3.63, 3.8) is 0 Å². The first-order valence-corrected chi connectivity index (χ1v) is 7.29. The normalized spacial score (nSPS) is 18.5. The van der Waals surface area contributed by atoms with Gasteiger partial charge in [-0.05, 0) is 30.7 Å². The van der Waals surface area contributed by atoms with Crippen molar-refractivity contribution >= 4 is 21.8 Å². The Bertz CT molecular complexity index is 640. The number of hydrogen-bond acceptors (Lipinski definition) is 3. The second-order valence-corrected chi connectivity index (χ2v) is 5.84. The van der Waals surface area contributed by atoms with Crippen LogP contribution in [0.15, 0.2) is 41.0 Å². The van der Waals surface area contributed by atoms with Crippen LogP contribution in [0.2, 0.25) is 0 Å². The summed E-state index contributed by atoms with van der Waals surface area (Å²) in [4.78, 5) is 14.1. The molecule has 0 unspecified atom stereocenters. The molecule has 2 heterocycles. The summed E-state index contributed by atoms with van der Waals surface area (Å²) in [5, 5.41) is 4.35. The van der Waals surface area contributed by atoms with Crippen LogP contribution in [0.5, 0.6) is 0 Å². The molecule has 1 fully saturated rings. The highest BCUT2D eigenvalue weighted by molar-refractivity contribution is 9.10. The zero-order chi connectivity index (χ0) is 14.1. The van der Waals surface area contributed by atoms with E-state index in [-0.39, 0.29) is 11.9 Å². The van der Waals surface area contributed by atoms with Crippen LogP contribution in [-0.4, -0.2) is 39.7 Å². The summed E-state index contributed by atoms with van der Waals surface area (Å²) in [6, 6.07) is 9.61. The highest BCUT2D eigenvalue weighted by Crippen LogP contribution is 2.16. The smallest absolute Gasteiger partial charge is 0.274 e. The molecule has 2 aromatic rings. The quantitative estimate of drug-likeness (QED) is 0.910. The summed E-state index contributed by atoms with van der Waals surface area (Å²) in [5.74, 6) is -0.0494. The van der Waals surface area contributed by atoms with E-state index in [1.807, 2.05) is 24.3 Å². The monoisotopic (exact) mass is 334 g/mol. The van der Waals surface area contributed by atoms with Gasteiger partial charge in [0.15, 0.2) is 5.69 Å². The molecule has 104 valence electrons. The minimum absolute atomic E-state index is 0.0494. The number of rotatable bonds is 2. The van der Waals surface area contributed by atoms with Gasteiger partial charge in [-0.15, -0.1) is 0 Å². The average Bonchev–Trinajstić information content (AvgIpc) is 3.07. The maximum absolute atomic E-state index is 12.3. The van der Waals surface area contributed by atoms with E-state index in [2.05, 4.69) is 21.0 Å². The lowest BCUT2D eigenvalue weighted by atomic mass is 10.3. The molecule has 1 amide bonds. The summed E-state index contributed by atoms with van der Waals surface area (Å²) >= 11 is 3.43. The molecular weight excluding hydrogens is 320 g/mol. The molecule has 1 saturated heterocycles. The van der Waals surface area contributed by atoms with Crippen LogP contribution >= 0.6 is 15.9 Å². The first kappa shape index (κ1) is 13.3. The van der Waals surface area contributed by atoms with Crippen LogP contribution in [-0.2, 0) is 0 Å². The van der Waals surface area contributed by atoms with Crippen molar-refractivity contribution in [1.82, 2.24) is 14.7 Å². The van der Waals surface area contributed by atoms with E-state index >= 15 is 0 Å². The largest absolute Gasteiger partial charge is 0.336 e. The number of carbonyl (C=O) groups is 1. The van der Waals surface area contributed by atoms with Crippen LogP contribution in [0.4, 0.5) is 0 Å². The average molecular weight is 335 g/mol. The lowest BCUT2D eigenvalue weighted by molar-refractivity contribution is 0.0784. The van der Waals surface area contributed by atoms with Gasteiger partial charge in [0, 0.05) is 29.8 Å². The third-order valence-electron chi connectivity index (χ3n) is 3.39. The Morgan fingerprint density at radius 3 is 2.95 bits per heavy atom. The van der Waals surface area contributed by atoms with E-state index in [0.29, 0.717) is 18.8 Å². The van der Waals surface area contributed by atoms with Gasteiger partial charge in [-0.25, -0.2) is 4.68 Å². The molecule has 20 heavy (non-hydrogen) atoms. The maximum Gasteiger partial charge on any atom is 0.274 e. The summed E-state index contributed by atoms with van der Waals surface area (Å²) in [5.41, 5.74) is 7.20. The molecule has 1 aromatic carbocycles. The molecule has 0 radical (unpaired) electrons. The minimum atomic E-state index is -0.0494. The molecule has 0 aliphatic carbocycles. The molecule has 3 rings (SSSR count).